The molecule has 14 heavy (non-hydrogen) atoms. The van der Waals surface area contributed by atoms with E-state index in [-0.39, 0.29) is 11.5 Å². The van der Waals surface area contributed by atoms with Gasteiger partial charge in [0.2, 0.25) is 0 Å². The largest absolute Gasteiger partial charge is 0.370 e. The molecule has 1 aliphatic heterocycles. The zero-order chi connectivity index (χ0) is 9.76. The van der Waals surface area contributed by atoms with E-state index in [1.807, 2.05) is 0 Å². The number of aldehydes is 1. The van der Waals surface area contributed by atoms with E-state index in [9.17, 15) is 9.18 Å². The standard InChI is InChI=1S/C11H11FO2/c12-10-5-11-8(1-2-14-11)4-9(11)3-7(10)6-13/h3,5-6,8-9H,1-2,4H2. The smallest absolute Gasteiger partial charge is 0.152 e. The third-order valence-electron chi connectivity index (χ3n) is 3.71. The van der Waals surface area contributed by atoms with Crippen LogP contribution in [0.2, 0.25) is 0 Å². The van der Waals surface area contributed by atoms with Gasteiger partial charge in [-0.2, -0.15) is 0 Å². The van der Waals surface area contributed by atoms with Crippen molar-refractivity contribution in [1.82, 2.24) is 0 Å². The molecule has 74 valence electrons. The van der Waals surface area contributed by atoms with Crippen LogP contribution in [0.5, 0.6) is 0 Å². The Morgan fingerprint density at radius 3 is 3.21 bits per heavy atom. The second kappa shape index (κ2) is 2.54. The first-order valence-electron chi connectivity index (χ1n) is 4.96. The number of allylic oxidation sites excluding steroid dienone is 2. The Morgan fingerprint density at radius 1 is 1.64 bits per heavy atom. The number of halogens is 1. The molecule has 0 bridgehead atoms. The minimum absolute atomic E-state index is 0.189. The Morgan fingerprint density at radius 2 is 2.50 bits per heavy atom. The van der Waals surface area contributed by atoms with Crippen molar-refractivity contribution < 1.29 is 13.9 Å². The van der Waals surface area contributed by atoms with Crippen LogP contribution in [0, 0.1) is 11.8 Å². The van der Waals surface area contributed by atoms with Gasteiger partial charge in [0, 0.05) is 18.1 Å². The van der Waals surface area contributed by atoms with E-state index < -0.39 is 11.4 Å². The fraction of sp³-hybridized carbons (Fsp3) is 0.545. The number of rotatable bonds is 1. The topological polar surface area (TPSA) is 26.3 Å². The van der Waals surface area contributed by atoms with E-state index in [1.165, 1.54) is 6.08 Å². The van der Waals surface area contributed by atoms with Crippen molar-refractivity contribution in [3.63, 3.8) is 0 Å². The second-order valence-electron chi connectivity index (χ2n) is 4.26. The van der Waals surface area contributed by atoms with Gasteiger partial charge in [0.05, 0.1) is 5.60 Å². The lowest BCUT2D eigenvalue weighted by Gasteiger charge is -2.49. The molecule has 3 atom stereocenters. The molecule has 2 fully saturated rings. The lowest BCUT2D eigenvalue weighted by Crippen LogP contribution is -2.52. The van der Waals surface area contributed by atoms with Crippen LogP contribution in [0.15, 0.2) is 23.6 Å². The third-order valence-corrected chi connectivity index (χ3v) is 3.71. The molecule has 0 N–H and O–H groups in total. The fourth-order valence-corrected chi connectivity index (χ4v) is 2.90. The maximum absolute atomic E-state index is 13.4. The first-order chi connectivity index (χ1) is 6.76. The fourth-order valence-electron chi connectivity index (χ4n) is 2.90. The molecule has 0 radical (unpaired) electrons. The number of hydrogen-bond acceptors (Lipinski definition) is 2. The molecule has 0 aromatic heterocycles. The van der Waals surface area contributed by atoms with Gasteiger partial charge < -0.3 is 4.74 Å². The van der Waals surface area contributed by atoms with Gasteiger partial charge in [-0.25, -0.2) is 4.39 Å². The molecule has 2 aliphatic carbocycles. The Balaban J connectivity index is 2.01. The van der Waals surface area contributed by atoms with Crippen LogP contribution in [0.3, 0.4) is 0 Å². The number of ether oxygens (including phenoxy) is 1. The molecule has 0 aromatic carbocycles. The summed E-state index contributed by atoms with van der Waals surface area (Å²) in [6.07, 6.45) is 5.87. The summed E-state index contributed by atoms with van der Waals surface area (Å²) in [6, 6.07) is 0. The van der Waals surface area contributed by atoms with Gasteiger partial charge in [0.15, 0.2) is 6.29 Å². The van der Waals surface area contributed by atoms with Gasteiger partial charge in [0.25, 0.3) is 0 Å². The zero-order valence-corrected chi connectivity index (χ0v) is 7.70. The van der Waals surface area contributed by atoms with E-state index in [0.29, 0.717) is 12.2 Å². The number of carbonyl (C=O) groups is 1. The molecule has 1 heterocycles. The monoisotopic (exact) mass is 194 g/mol. The summed E-state index contributed by atoms with van der Waals surface area (Å²) in [6.45, 7) is 0.717. The molecule has 3 unspecified atom stereocenters. The zero-order valence-electron chi connectivity index (χ0n) is 7.70. The van der Waals surface area contributed by atoms with Crippen LogP contribution in [-0.4, -0.2) is 18.5 Å². The van der Waals surface area contributed by atoms with Crippen LogP contribution in [-0.2, 0) is 9.53 Å². The van der Waals surface area contributed by atoms with Gasteiger partial charge >= 0.3 is 0 Å². The summed E-state index contributed by atoms with van der Waals surface area (Å²) >= 11 is 0. The maximum Gasteiger partial charge on any atom is 0.152 e. The van der Waals surface area contributed by atoms with E-state index in [4.69, 9.17) is 4.74 Å². The average Bonchev–Trinajstić information content (AvgIpc) is 2.46. The lowest BCUT2D eigenvalue weighted by molar-refractivity contribution is -0.105. The Labute approximate surface area is 81.4 Å². The van der Waals surface area contributed by atoms with Gasteiger partial charge in [-0.3, -0.25) is 4.79 Å². The predicted octanol–water partition coefficient (Wildman–Crippen LogP) is 1.77. The van der Waals surface area contributed by atoms with E-state index >= 15 is 0 Å². The van der Waals surface area contributed by atoms with Crippen LogP contribution in [0.25, 0.3) is 0 Å². The lowest BCUT2D eigenvalue weighted by atomic mass is 9.59. The Bertz CT molecular complexity index is 358. The minimum Gasteiger partial charge on any atom is -0.370 e. The van der Waals surface area contributed by atoms with Gasteiger partial charge in [-0.1, -0.05) is 6.08 Å². The van der Waals surface area contributed by atoms with E-state index in [1.54, 1.807) is 6.08 Å². The number of carbonyl (C=O) groups excluding carboxylic acids is 1. The minimum atomic E-state index is -0.414. The first kappa shape index (κ1) is 8.36. The molecule has 1 spiro atoms. The molecule has 3 rings (SSSR count). The van der Waals surface area contributed by atoms with Crippen LogP contribution >= 0.6 is 0 Å². The Kier molecular flexibility index (Phi) is 1.52. The third kappa shape index (κ3) is 0.811. The van der Waals surface area contributed by atoms with Gasteiger partial charge in [-0.15, -0.1) is 0 Å². The van der Waals surface area contributed by atoms with Gasteiger partial charge in [0.1, 0.15) is 5.83 Å². The second-order valence-corrected chi connectivity index (χ2v) is 4.26. The summed E-state index contributed by atoms with van der Waals surface area (Å²) < 4.78 is 19.1. The molecule has 0 aromatic rings. The summed E-state index contributed by atoms with van der Waals surface area (Å²) in [5, 5.41) is 0. The molecular weight excluding hydrogens is 183 g/mol. The molecule has 3 heteroatoms. The SMILES string of the molecule is O=CC1=CC2CC3CCOC23C=C1F. The summed E-state index contributed by atoms with van der Waals surface area (Å²) in [5.41, 5.74) is -0.203. The van der Waals surface area contributed by atoms with Crippen LogP contribution < -0.4 is 0 Å². The number of hydrogen-bond donors (Lipinski definition) is 0. The Hall–Kier alpha value is -0.960. The van der Waals surface area contributed by atoms with E-state index in [2.05, 4.69) is 0 Å². The van der Waals surface area contributed by atoms with Crippen LogP contribution in [0.4, 0.5) is 4.39 Å². The molecule has 3 aliphatic rings. The van der Waals surface area contributed by atoms with Crippen molar-refractivity contribution in [3.05, 3.63) is 23.6 Å². The molecule has 2 nitrogen and oxygen atoms in total. The molecular formula is C11H11FO2. The summed E-state index contributed by atoms with van der Waals surface area (Å²) in [7, 11) is 0. The van der Waals surface area contributed by atoms with Gasteiger partial charge in [-0.05, 0) is 24.8 Å². The van der Waals surface area contributed by atoms with Crippen molar-refractivity contribution in [2.75, 3.05) is 6.61 Å². The highest BCUT2D eigenvalue weighted by molar-refractivity contribution is 5.80. The van der Waals surface area contributed by atoms with Crippen molar-refractivity contribution in [3.8, 4) is 0 Å². The first-order valence-corrected chi connectivity index (χ1v) is 4.96. The van der Waals surface area contributed by atoms with Crippen molar-refractivity contribution in [2.45, 2.75) is 18.4 Å². The predicted molar refractivity (Wildman–Crippen MR) is 48.2 cm³/mol. The van der Waals surface area contributed by atoms with Crippen molar-refractivity contribution in [1.29, 1.82) is 0 Å². The summed E-state index contributed by atoms with van der Waals surface area (Å²) in [4.78, 5) is 10.5. The highest BCUT2D eigenvalue weighted by Crippen LogP contribution is 2.57. The van der Waals surface area contributed by atoms with Crippen molar-refractivity contribution in [2.24, 2.45) is 11.8 Å². The quantitative estimate of drug-likeness (QED) is 0.595. The molecule has 0 amide bonds. The highest BCUT2D eigenvalue weighted by atomic mass is 19.1. The summed E-state index contributed by atoms with van der Waals surface area (Å²) in [5.74, 6) is 0.264. The average molecular weight is 194 g/mol. The van der Waals surface area contributed by atoms with Crippen molar-refractivity contribution >= 4 is 6.29 Å². The normalized spacial score (nSPS) is 44.4. The highest BCUT2D eigenvalue weighted by Gasteiger charge is 2.58. The maximum atomic E-state index is 13.4. The molecule has 1 saturated carbocycles. The van der Waals surface area contributed by atoms with Crippen LogP contribution in [0.1, 0.15) is 12.8 Å². The van der Waals surface area contributed by atoms with E-state index in [0.717, 1.165) is 19.4 Å². The molecule has 1 saturated heterocycles.